The van der Waals surface area contributed by atoms with Gasteiger partial charge < -0.3 is 4.90 Å². The molecule has 0 aromatic heterocycles. The lowest BCUT2D eigenvalue weighted by Crippen LogP contribution is -2.40. The molecular formula is C19H29N3O. The van der Waals surface area contributed by atoms with Gasteiger partial charge in [-0.3, -0.25) is 14.6 Å². The van der Waals surface area contributed by atoms with Crippen LogP contribution in [0.5, 0.6) is 0 Å². The molecule has 0 aliphatic carbocycles. The Labute approximate surface area is 140 Å². The summed E-state index contributed by atoms with van der Waals surface area (Å²) in [6.07, 6.45) is 0. The number of carbonyl (C=O) groups excluding carboxylic acids is 1. The molecule has 4 heteroatoms. The molecule has 23 heavy (non-hydrogen) atoms. The van der Waals surface area contributed by atoms with E-state index in [9.17, 15) is 4.79 Å². The number of benzene rings is 1. The summed E-state index contributed by atoms with van der Waals surface area (Å²) in [4.78, 5) is 19.1. The molecule has 2 saturated heterocycles. The molecule has 2 heterocycles. The van der Waals surface area contributed by atoms with E-state index in [1.54, 1.807) is 0 Å². The highest BCUT2D eigenvalue weighted by molar-refractivity contribution is 5.78. The number of amides is 1. The number of rotatable bonds is 6. The molecule has 0 N–H and O–H groups in total. The van der Waals surface area contributed by atoms with Gasteiger partial charge in [0.25, 0.3) is 0 Å². The Bertz CT molecular complexity index is 501. The zero-order chi connectivity index (χ0) is 16.2. The maximum Gasteiger partial charge on any atom is 0.236 e. The van der Waals surface area contributed by atoms with E-state index in [2.05, 4.69) is 54.0 Å². The molecule has 2 fully saturated rings. The molecule has 1 aromatic rings. The molecular weight excluding hydrogens is 286 g/mol. The normalized spacial score (nSPS) is 24.8. The van der Waals surface area contributed by atoms with Crippen molar-refractivity contribution in [2.24, 2.45) is 11.8 Å². The van der Waals surface area contributed by atoms with E-state index in [0.29, 0.717) is 6.54 Å². The van der Waals surface area contributed by atoms with Crippen molar-refractivity contribution in [3.05, 3.63) is 35.9 Å². The first-order chi connectivity index (χ1) is 11.2. The third-order valence-corrected chi connectivity index (χ3v) is 5.36. The predicted molar refractivity (Wildman–Crippen MR) is 93.1 cm³/mol. The number of fused-ring (bicyclic) bond motifs is 1. The second kappa shape index (κ2) is 7.45. The molecule has 3 rings (SSSR count). The van der Waals surface area contributed by atoms with Gasteiger partial charge >= 0.3 is 0 Å². The van der Waals surface area contributed by atoms with E-state index in [4.69, 9.17) is 0 Å². The minimum atomic E-state index is 0.288. The Morgan fingerprint density at radius 2 is 1.57 bits per heavy atom. The van der Waals surface area contributed by atoms with Crippen LogP contribution in [0, 0.1) is 11.8 Å². The minimum absolute atomic E-state index is 0.288. The van der Waals surface area contributed by atoms with Crippen molar-refractivity contribution >= 4 is 5.91 Å². The summed E-state index contributed by atoms with van der Waals surface area (Å²) in [5.41, 5.74) is 1.40. The molecule has 1 amide bonds. The van der Waals surface area contributed by atoms with Crippen molar-refractivity contribution in [3.63, 3.8) is 0 Å². The summed E-state index contributed by atoms with van der Waals surface area (Å²) in [6.45, 7) is 11.9. The molecule has 4 nitrogen and oxygen atoms in total. The third-order valence-electron chi connectivity index (χ3n) is 5.36. The lowest BCUT2D eigenvalue weighted by atomic mass is 10.0. The Morgan fingerprint density at radius 3 is 2.13 bits per heavy atom. The lowest BCUT2D eigenvalue weighted by molar-refractivity contribution is -0.131. The van der Waals surface area contributed by atoms with Crippen molar-refractivity contribution in [2.75, 3.05) is 45.8 Å². The molecule has 2 aliphatic heterocycles. The standard InChI is InChI=1S/C19H29N3O/c1-3-22(4-2)19(23)15-21-13-17-11-20(12-18(17)14-21)10-16-8-6-5-7-9-16/h5-9,17-18H,3-4,10-15H2,1-2H3. The van der Waals surface area contributed by atoms with Gasteiger partial charge in [-0.05, 0) is 31.2 Å². The molecule has 0 saturated carbocycles. The third kappa shape index (κ3) is 3.93. The van der Waals surface area contributed by atoms with Crippen LogP contribution in [-0.4, -0.2) is 66.4 Å². The van der Waals surface area contributed by atoms with Gasteiger partial charge in [-0.1, -0.05) is 30.3 Å². The fraction of sp³-hybridized carbons (Fsp3) is 0.632. The van der Waals surface area contributed by atoms with Gasteiger partial charge in [-0.15, -0.1) is 0 Å². The van der Waals surface area contributed by atoms with Gasteiger partial charge in [-0.2, -0.15) is 0 Å². The molecule has 2 atom stereocenters. The van der Waals surface area contributed by atoms with Crippen LogP contribution >= 0.6 is 0 Å². The number of likely N-dealkylation sites (tertiary alicyclic amines) is 2. The molecule has 126 valence electrons. The monoisotopic (exact) mass is 315 g/mol. The van der Waals surface area contributed by atoms with Gasteiger partial charge in [0.15, 0.2) is 0 Å². The number of carbonyl (C=O) groups is 1. The summed E-state index contributed by atoms with van der Waals surface area (Å²) in [6, 6.07) is 10.7. The van der Waals surface area contributed by atoms with Gasteiger partial charge in [-0.25, -0.2) is 0 Å². The van der Waals surface area contributed by atoms with Crippen LogP contribution in [0.1, 0.15) is 19.4 Å². The Hall–Kier alpha value is -1.39. The zero-order valence-corrected chi connectivity index (χ0v) is 14.4. The van der Waals surface area contributed by atoms with Crippen molar-refractivity contribution in [2.45, 2.75) is 20.4 Å². The summed E-state index contributed by atoms with van der Waals surface area (Å²) in [7, 11) is 0. The second-order valence-corrected chi connectivity index (χ2v) is 6.96. The molecule has 2 aliphatic rings. The van der Waals surface area contributed by atoms with Gasteiger partial charge in [0, 0.05) is 45.8 Å². The highest BCUT2D eigenvalue weighted by Crippen LogP contribution is 2.31. The average Bonchev–Trinajstić information content (AvgIpc) is 3.07. The Kier molecular flexibility index (Phi) is 5.34. The lowest BCUT2D eigenvalue weighted by Gasteiger charge is -2.24. The van der Waals surface area contributed by atoms with Crippen LogP contribution < -0.4 is 0 Å². The van der Waals surface area contributed by atoms with Crippen LogP contribution in [0.2, 0.25) is 0 Å². The quantitative estimate of drug-likeness (QED) is 0.802. The molecule has 0 radical (unpaired) electrons. The van der Waals surface area contributed by atoms with Crippen LogP contribution in [0.15, 0.2) is 30.3 Å². The number of nitrogens with zero attached hydrogens (tertiary/aromatic N) is 3. The van der Waals surface area contributed by atoms with E-state index >= 15 is 0 Å². The smallest absolute Gasteiger partial charge is 0.236 e. The van der Waals surface area contributed by atoms with Crippen LogP contribution in [-0.2, 0) is 11.3 Å². The predicted octanol–water partition coefficient (Wildman–Crippen LogP) is 1.92. The van der Waals surface area contributed by atoms with E-state index in [-0.39, 0.29) is 5.91 Å². The maximum absolute atomic E-state index is 12.3. The first-order valence-electron chi connectivity index (χ1n) is 8.96. The molecule has 0 bridgehead atoms. The van der Waals surface area contributed by atoms with Crippen molar-refractivity contribution in [1.82, 2.24) is 14.7 Å². The average molecular weight is 315 g/mol. The summed E-state index contributed by atoms with van der Waals surface area (Å²) < 4.78 is 0. The van der Waals surface area contributed by atoms with Gasteiger partial charge in [0.2, 0.25) is 5.91 Å². The maximum atomic E-state index is 12.3. The SMILES string of the molecule is CCN(CC)C(=O)CN1CC2CN(Cc3ccccc3)CC2C1. The Morgan fingerprint density at radius 1 is 1.00 bits per heavy atom. The van der Waals surface area contributed by atoms with Crippen LogP contribution in [0.3, 0.4) is 0 Å². The summed E-state index contributed by atoms with van der Waals surface area (Å²) in [5.74, 6) is 1.77. The molecule has 0 spiro atoms. The highest BCUT2D eigenvalue weighted by Gasteiger charge is 2.40. The van der Waals surface area contributed by atoms with E-state index < -0.39 is 0 Å². The number of likely N-dealkylation sites (N-methyl/N-ethyl adjacent to an activating group) is 1. The topological polar surface area (TPSA) is 26.8 Å². The van der Waals surface area contributed by atoms with E-state index in [1.165, 1.54) is 18.7 Å². The highest BCUT2D eigenvalue weighted by atomic mass is 16.2. The summed E-state index contributed by atoms with van der Waals surface area (Å²) >= 11 is 0. The number of hydrogen-bond donors (Lipinski definition) is 0. The van der Waals surface area contributed by atoms with Gasteiger partial charge in [0.1, 0.15) is 0 Å². The molecule has 1 aromatic carbocycles. The van der Waals surface area contributed by atoms with Crippen molar-refractivity contribution in [1.29, 1.82) is 0 Å². The van der Waals surface area contributed by atoms with Crippen molar-refractivity contribution in [3.8, 4) is 0 Å². The molecule has 2 unspecified atom stereocenters. The first kappa shape index (κ1) is 16.5. The van der Waals surface area contributed by atoms with E-state index in [0.717, 1.165) is 44.6 Å². The van der Waals surface area contributed by atoms with E-state index in [1.807, 2.05) is 4.90 Å². The van der Waals surface area contributed by atoms with Crippen LogP contribution in [0.4, 0.5) is 0 Å². The van der Waals surface area contributed by atoms with Crippen molar-refractivity contribution < 1.29 is 4.79 Å². The zero-order valence-electron chi connectivity index (χ0n) is 14.4. The number of hydrogen-bond acceptors (Lipinski definition) is 3. The summed E-state index contributed by atoms with van der Waals surface area (Å²) in [5, 5.41) is 0. The van der Waals surface area contributed by atoms with Crippen LogP contribution in [0.25, 0.3) is 0 Å². The fourth-order valence-electron chi connectivity index (χ4n) is 4.15. The Balaban J connectivity index is 1.47. The fourth-order valence-corrected chi connectivity index (χ4v) is 4.15. The largest absolute Gasteiger partial charge is 0.342 e. The minimum Gasteiger partial charge on any atom is -0.342 e. The second-order valence-electron chi connectivity index (χ2n) is 6.96. The first-order valence-corrected chi connectivity index (χ1v) is 8.96. The van der Waals surface area contributed by atoms with Gasteiger partial charge in [0.05, 0.1) is 6.54 Å².